The van der Waals surface area contributed by atoms with Crippen molar-refractivity contribution in [2.45, 2.75) is 11.8 Å². The summed E-state index contributed by atoms with van der Waals surface area (Å²) in [4.78, 5) is 0.0948. The average Bonchev–Trinajstić information content (AvgIpc) is 2.48. The second-order valence-corrected chi connectivity index (χ2v) is 6.08. The predicted octanol–water partition coefficient (Wildman–Crippen LogP) is 2.68. The van der Waals surface area contributed by atoms with E-state index in [0.29, 0.717) is 22.6 Å². The summed E-state index contributed by atoms with van der Waals surface area (Å²) >= 11 is 0. The fraction of sp³-hybridized carbons (Fsp3) is 0.133. The van der Waals surface area contributed by atoms with Gasteiger partial charge < -0.3 is 4.74 Å². The molecule has 0 unspecified atom stereocenters. The Morgan fingerprint density at radius 3 is 2.38 bits per heavy atom. The van der Waals surface area contributed by atoms with Gasteiger partial charge in [-0.1, -0.05) is 6.07 Å². The van der Waals surface area contributed by atoms with Crippen LogP contribution in [0.15, 0.2) is 47.4 Å². The van der Waals surface area contributed by atoms with Gasteiger partial charge in [-0.15, -0.1) is 0 Å². The fourth-order valence-electron chi connectivity index (χ4n) is 1.83. The van der Waals surface area contributed by atoms with Crippen LogP contribution in [0.5, 0.6) is 5.75 Å². The highest BCUT2D eigenvalue weighted by Crippen LogP contribution is 2.22. The lowest BCUT2D eigenvalue weighted by Crippen LogP contribution is -2.14. The van der Waals surface area contributed by atoms with Gasteiger partial charge in [0.1, 0.15) is 5.75 Å². The van der Waals surface area contributed by atoms with Crippen molar-refractivity contribution in [3.8, 4) is 11.8 Å². The average molecular weight is 302 g/mol. The molecule has 0 bridgehead atoms. The van der Waals surface area contributed by atoms with Gasteiger partial charge in [0.05, 0.1) is 23.6 Å². The molecule has 0 atom stereocenters. The van der Waals surface area contributed by atoms with Gasteiger partial charge in [0.2, 0.25) is 0 Å². The molecule has 0 heterocycles. The summed E-state index contributed by atoms with van der Waals surface area (Å²) in [6.07, 6.45) is 0. The van der Waals surface area contributed by atoms with Gasteiger partial charge in [-0.3, -0.25) is 4.72 Å². The lowest BCUT2D eigenvalue weighted by molar-refractivity contribution is 0.415. The third kappa shape index (κ3) is 3.33. The molecule has 0 aliphatic rings. The Morgan fingerprint density at radius 2 is 1.81 bits per heavy atom. The molecule has 108 valence electrons. The number of nitriles is 1. The molecule has 21 heavy (non-hydrogen) atoms. The number of hydrogen-bond donors (Lipinski definition) is 1. The lowest BCUT2D eigenvalue weighted by Gasteiger charge is -2.11. The Labute approximate surface area is 123 Å². The summed E-state index contributed by atoms with van der Waals surface area (Å²) in [5, 5.41) is 8.89. The third-order valence-corrected chi connectivity index (χ3v) is 4.47. The first-order valence-electron chi connectivity index (χ1n) is 6.14. The topological polar surface area (TPSA) is 79.2 Å². The van der Waals surface area contributed by atoms with Crippen molar-refractivity contribution in [2.75, 3.05) is 11.8 Å². The summed E-state index contributed by atoms with van der Waals surface area (Å²) in [5.74, 6) is 0.639. The Hall–Kier alpha value is -2.52. The van der Waals surface area contributed by atoms with Crippen molar-refractivity contribution in [1.29, 1.82) is 5.26 Å². The number of rotatable bonds is 4. The minimum absolute atomic E-state index is 0.0948. The molecule has 0 aromatic heterocycles. The number of nitrogens with one attached hydrogen (secondary N) is 1. The summed E-state index contributed by atoms with van der Waals surface area (Å²) in [5.41, 5.74) is 1.31. The summed E-state index contributed by atoms with van der Waals surface area (Å²) in [6, 6.07) is 13.0. The summed E-state index contributed by atoms with van der Waals surface area (Å²) in [7, 11) is -2.20. The van der Waals surface area contributed by atoms with E-state index >= 15 is 0 Å². The number of ether oxygens (including phenoxy) is 1. The van der Waals surface area contributed by atoms with Crippen molar-refractivity contribution in [3.05, 3.63) is 53.6 Å². The van der Waals surface area contributed by atoms with Gasteiger partial charge in [0.25, 0.3) is 10.0 Å². The van der Waals surface area contributed by atoms with E-state index in [1.807, 2.05) is 6.07 Å². The maximum absolute atomic E-state index is 12.4. The number of anilines is 1. The van der Waals surface area contributed by atoms with E-state index in [0.717, 1.165) is 0 Å². The van der Waals surface area contributed by atoms with Crippen LogP contribution < -0.4 is 9.46 Å². The van der Waals surface area contributed by atoms with Gasteiger partial charge in [-0.2, -0.15) is 5.26 Å². The molecule has 1 N–H and O–H groups in total. The Kier molecular flexibility index (Phi) is 4.15. The zero-order valence-electron chi connectivity index (χ0n) is 11.6. The molecule has 0 fully saturated rings. The molecular formula is C15H14N2O3S. The zero-order valence-corrected chi connectivity index (χ0v) is 12.4. The molecule has 0 saturated carbocycles. The van der Waals surface area contributed by atoms with Crippen molar-refractivity contribution in [1.82, 2.24) is 0 Å². The van der Waals surface area contributed by atoms with E-state index in [1.54, 1.807) is 43.3 Å². The van der Waals surface area contributed by atoms with Gasteiger partial charge in [-0.05, 0) is 48.9 Å². The van der Waals surface area contributed by atoms with E-state index in [1.165, 1.54) is 13.2 Å². The van der Waals surface area contributed by atoms with E-state index < -0.39 is 10.0 Å². The number of hydrogen-bond acceptors (Lipinski definition) is 4. The largest absolute Gasteiger partial charge is 0.497 e. The van der Waals surface area contributed by atoms with Crippen molar-refractivity contribution in [2.24, 2.45) is 0 Å². The molecule has 0 aliphatic heterocycles. The Bertz CT molecular complexity index is 791. The smallest absolute Gasteiger partial charge is 0.262 e. The van der Waals surface area contributed by atoms with Crippen LogP contribution in [-0.2, 0) is 10.0 Å². The van der Waals surface area contributed by atoms with Gasteiger partial charge in [0.15, 0.2) is 0 Å². The van der Waals surface area contributed by atoms with Crippen molar-refractivity contribution in [3.63, 3.8) is 0 Å². The maximum Gasteiger partial charge on any atom is 0.262 e. The molecule has 0 aliphatic carbocycles. The highest BCUT2D eigenvalue weighted by molar-refractivity contribution is 7.92. The maximum atomic E-state index is 12.4. The molecule has 2 aromatic carbocycles. The molecule has 2 rings (SSSR count). The molecule has 0 saturated heterocycles. The van der Waals surface area contributed by atoms with Crippen LogP contribution in [0, 0.1) is 18.3 Å². The third-order valence-electron chi connectivity index (χ3n) is 2.95. The van der Waals surface area contributed by atoms with E-state index in [2.05, 4.69) is 4.72 Å². The number of nitrogens with zero attached hydrogens (tertiary/aromatic N) is 1. The first-order valence-corrected chi connectivity index (χ1v) is 7.62. The molecule has 0 radical (unpaired) electrons. The van der Waals surface area contributed by atoms with Crippen LogP contribution in [0.1, 0.15) is 11.1 Å². The number of benzene rings is 2. The van der Waals surface area contributed by atoms with Crippen molar-refractivity contribution < 1.29 is 13.2 Å². The SMILES string of the molecule is COc1ccc(NS(=O)(=O)c2cc(C#N)ccc2C)cc1. The van der Waals surface area contributed by atoms with Crippen molar-refractivity contribution >= 4 is 15.7 Å². The fourth-order valence-corrected chi connectivity index (χ4v) is 3.16. The monoisotopic (exact) mass is 302 g/mol. The molecule has 6 heteroatoms. The first kappa shape index (κ1) is 14.9. The van der Waals surface area contributed by atoms with Gasteiger partial charge in [-0.25, -0.2) is 8.42 Å². The summed E-state index contributed by atoms with van der Waals surface area (Å²) < 4.78 is 32.3. The predicted molar refractivity (Wildman–Crippen MR) is 79.7 cm³/mol. The number of aryl methyl sites for hydroxylation is 1. The van der Waals surface area contributed by atoms with Crippen LogP contribution in [0.2, 0.25) is 0 Å². The zero-order chi connectivity index (χ0) is 15.5. The van der Waals surface area contributed by atoms with Gasteiger partial charge >= 0.3 is 0 Å². The number of sulfonamides is 1. The molecular weight excluding hydrogens is 288 g/mol. The second kappa shape index (κ2) is 5.85. The standard InChI is InChI=1S/C15H14N2O3S/c1-11-3-4-12(10-16)9-15(11)21(18,19)17-13-5-7-14(20-2)8-6-13/h3-9,17H,1-2H3. The molecule has 0 amide bonds. The molecule has 0 spiro atoms. The van der Waals surface area contributed by atoms with Crippen LogP contribution >= 0.6 is 0 Å². The molecule has 5 nitrogen and oxygen atoms in total. The minimum Gasteiger partial charge on any atom is -0.497 e. The summed E-state index contributed by atoms with van der Waals surface area (Å²) in [6.45, 7) is 1.68. The van der Waals surface area contributed by atoms with Crippen LogP contribution in [0.25, 0.3) is 0 Å². The van der Waals surface area contributed by atoms with E-state index in [4.69, 9.17) is 10.00 Å². The van der Waals surface area contributed by atoms with Crippen LogP contribution in [-0.4, -0.2) is 15.5 Å². The Morgan fingerprint density at radius 1 is 1.14 bits per heavy atom. The first-order chi connectivity index (χ1) is 9.96. The van der Waals surface area contributed by atoms with E-state index in [-0.39, 0.29) is 4.90 Å². The quantitative estimate of drug-likeness (QED) is 0.941. The lowest BCUT2D eigenvalue weighted by atomic mass is 10.2. The highest BCUT2D eigenvalue weighted by atomic mass is 32.2. The van der Waals surface area contributed by atoms with Crippen LogP contribution in [0.3, 0.4) is 0 Å². The van der Waals surface area contributed by atoms with Crippen LogP contribution in [0.4, 0.5) is 5.69 Å². The van der Waals surface area contributed by atoms with Gasteiger partial charge in [0, 0.05) is 5.69 Å². The Balaban J connectivity index is 2.36. The van der Waals surface area contributed by atoms with E-state index in [9.17, 15) is 8.42 Å². The second-order valence-electron chi connectivity index (χ2n) is 4.43. The normalized spacial score (nSPS) is 10.7. The highest BCUT2D eigenvalue weighted by Gasteiger charge is 2.17. The number of methoxy groups -OCH3 is 1. The molecule has 2 aromatic rings. The minimum atomic E-state index is -3.74.